The van der Waals surface area contributed by atoms with E-state index in [4.69, 9.17) is 35.9 Å². The standard InChI is InChI=1S/C29H36ClFN7O7P/c1-16(2)43-27(40)17(3)36-46(41,45-20-12-8-10-18-9-6-7-11-19(18)20)42-14-29(13-30)23(39)21(31)26(44-29)38-15-33-22-24(37(4)5)34-28(32)35-25(22)38/h6-12,15-17,21,23,26,39H,13-14H2,1-5H3,(H,36,41)(H2,32,34,35)/t17-,21-,23-,26+,29+,46?/m0/s1. The number of esters is 1. The molecule has 5 rings (SSSR count). The van der Waals surface area contributed by atoms with Crippen molar-refractivity contribution in [2.45, 2.75) is 57.0 Å². The number of hydrogen-bond donors (Lipinski definition) is 3. The summed E-state index contributed by atoms with van der Waals surface area (Å²) >= 11 is 6.31. The number of nitrogen functional groups attached to an aromatic ring is 1. The van der Waals surface area contributed by atoms with Crippen LogP contribution in [0.5, 0.6) is 5.75 Å². The zero-order chi connectivity index (χ0) is 33.4. The van der Waals surface area contributed by atoms with Gasteiger partial charge in [0.05, 0.1) is 24.9 Å². The van der Waals surface area contributed by atoms with Crippen molar-refractivity contribution in [3.63, 3.8) is 0 Å². The molecule has 14 nitrogen and oxygen atoms in total. The lowest BCUT2D eigenvalue weighted by Gasteiger charge is -2.31. The minimum absolute atomic E-state index is 0.0819. The number of benzene rings is 2. The van der Waals surface area contributed by atoms with Crippen LogP contribution in [-0.4, -0.2) is 87.2 Å². The van der Waals surface area contributed by atoms with E-state index in [0.29, 0.717) is 16.7 Å². The van der Waals surface area contributed by atoms with Gasteiger partial charge in [0, 0.05) is 19.5 Å². The molecule has 0 aliphatic carbocycles. The Bertz CT molecular complexity index is 1770. The molecule has 3 heterocycles. The Balaban J connectivity index is 1.46. The fraction of sp³-hybridized carbons (Fsp3) is 0.448. The predicted octanol–water partition coefficient (Wildman–Crippen LogP) is 3.97. The number of anilines is 2. The Morgan fingerprint density at radius 1 is 1.24 bits per heavy atom. The van der Waals surface area contributed by atoms with E-state index in [1.807, 2.05) is 18.2 Å². The lowest BCUT2D eigenvalue weighted by molar-refractivity contribution is -0.149. The number of aromatic nitrogens is 4. The van der Waals surface area contributed by atoms with Crippen molar-refractivity contribution in [1.29, 1.82) is 0 Å². The summed E-state index contributed by atoms with van der Waals surface area (Å²) in [4.78, 5) is 27.0. The molecule has 1 fully saturated rings. The van der Waals surface area contributed by atoms with Gasteiger partial charge >= 0.3 is 13.7 Å². The summed E-state index contributed by atoms with van der Waals surface area (Å²) in [6.07, 6.45) is -4.53. The van der Waals surface area contributed by atoms with Crippen LogP contribution in [-0.2, 0) is 23.4 Å². The lowest BCUT2D eigenvalue weighted by atomic mass is 9.99. The average molecular weight is 680 g/mol. The molecule has 1 aliphatic rings. The second-order valence-electron chi connectivity index (χ2n) is 11.4. The first kappa shape index (κ1) is 33.8. The van der Waals surface area contributed by atoms with Crippen LogP contribution in [0.25, 0.3) is 21.9 Å². The molecule has 2 aromatic carbocycles. The number of rotatable bonds is 12. The number of nitrogens with zero attached hydrogens (tertiary/aromatic N) is 5. The number of halogens is 2. The summed E-state index contributed by atoms with van der Waals surface area (Å²) in [7, 11) is -1.01. The third-order valence-electron chi connectivity index (χ3n) is 7.32. The number of hydrogen-bond acceptors (Lipinski definition) is 12. The van der Waals surface area contributed by atoms with Crippen molar-refractivity contribution < 1.29 is 37.4 Å². The largest absolute Gasteiger partial charge is 0.462 e. The van der Waals surface area contributed by atoms with E-state index in [0.717, 1.165) is 5.39 Å². The zero-order valence-corrected chi connectivity index (χ0v) is 27.5. The number of fused-ring (bicyclic) bond motifs is 2. The maximum Gasteiger partial charge on any atom is 0.459 e. The maximum absolute atomic E-state index is 15.9. The summed E-state index contributed by atoms with van der Waals surface area (Å²) in [6, 6.07) is 11.2. The molecule has 1 saturated heterocycles. The Labute approximate surface area is 269 Å². The number of aliphatic hydroxyl groups is 1. The molecule has 46 heavy (non-hydrogen) atoms. The van der Waals surface area contributed by atoms with Gasteiger partial charge in [0.2, 0.25) is 5.95 Å². The summed E-state index contributed by atoms with van der Waals surface area (Å²) in [6.45, 7) is 4.07. The number of carbonyl (C=O) groups is 1. The summed E-state index contributed by atoms with van der Waals surface area (Å²) in [5.74, 6) is -0.687. The number of alkyl halides is 2. The number of ether oxygens (including phenoxy) is 2. The molecule has 1 aliphatic heterocycles. The van der Waals surface area contributed by atoms with Crippen molar-refractivity contribution in [2.24, 2.45) is 0 Å². The van der Waals surface area contributed by atoms with Crippen molar-refractivity contribution in [2.75, 3.05) is 37.2 Å². The number of imidazole rings is 1. The molecule has 0 saturated carbocycles. The van der Waals surface area contributed by atoms with Crippen molar-refractivity contribution in [3.05, 3.63) is 48.8 Å². The van der Waals surface area contributed by atoms with E-state index in [9.17, 15) is 14.5 Å². The first-order chi connectivity index (χ1) is 21.8. The average Bonchev–Trinajstić information content (AvgIpc) is 3.53. The van der Waals surface area contributed by atoms with Gasteiger partial charge in [0.25, 0.3) is 0 Å². The molecule has 17 heteroatoms. The highest BCUT2D eigenvalue weighted by Gasteiger charge is 2.57. The van der Waals surface area contributed by atoms with Crippen molar-refractivity contribution in [3.8, 4) is 5.75 Å². The topological polar surface area (TPSA) is 176 Å². The highest BCUT2D eigenvalue weighted by atomic mass is 35.5. The van der Waals surface area contributed by atoms with Crippen LogP contribution in [0.3, 0.4) is 0 Å². The Morgan fingerprint density at radius 3 is 2.65 bits per heavy atom. The van der Waals surface area contributed by atoms with Crippen LogP contribution in [0.15, 0.2) is 48.8 Å². The van der Waals surface area contributed by atoms with Gasteiger partial charge in [-0.05, 0) is 32.2 Å². The number of aliphatic hydroxyl groups excluding tert-OH is 1. The van der Waals surface area contributed by atoms with Gasteiger partial charge in [-0.25, -0.2) is 13.9 Å². The molecular formula is C29H36ClFN7O7P. The van der Waals surface area contributed by atoms with E-state index < -0.39 is 62.5 Å². The molecule has 0 spiro atoms. The van der Waals surface area contributed by atoms with Gasteiger partial charge in [-0.1, -0.05) is 36.4 Å². The Morgan fingerprint density at radius 2 is 1.96 bits per heavy atom. The smallest absolute Gasteiger partial charge is 0.459 e. The van der Waals surface area contributed by atoms with E-state index in [1.165, 1.54) is 17.8 Å². The van der Waals surface area contributed by atoms with E-state index in [-0.39, 0.29) is 17.3 Å². The van der Waals surface area contributed by atoms with Crippen LogP contribution in [0.2, 0.25) is 0 Å². The van der Waals surface area contributed by atoms with Crippen LogP contribution >= 0.6 is 19.3 Å². The molecule has 0 amide bonds. The van der Waals surface area contributed by atoms with E-state index in [2.05, 4.69) is 20.0 Å². The quantitative estimate of drug-likeness (QED) is 0.112. The van der Waals surface area contributed by atoms with Crippen LogP contribution in [0.4, 0.5) is 16.2 Å². The minimum atomic E-state index is -4.48. The third kappa shape index (κ3) is 6.61. The highest BCUT2D eigenvalue weighted by Crippen LogP contribution is 2.50. The second kappa shape index (κ2) is 13.3. The lowest BCUT2D eigenvalue weighted by Crippen LogP contribution is -2.48. The molecule has 0 radical (unpaired) electrons. The van der Waals surface area contributed by atoms with Gasteiger partial charge in [0.1, 0.15) is 23.5 Å². The first-order valence-electron chi connectivity index (χ1n) is 14.4. The molecule has 0 bridgehead atoms. The van der Waals surface area contributed by atoms with Crippen molar-refractivity contribution >= 4 is 59.0 Å². The number of nitrogens with two attached hydrogens (primary N) is 1. The summed E-state index contributed by atoms with van der Waals surface area (Å²) in [5, 5.41) is 15.2. The molecule has 4 N–H and O–H groups in total. The monoisotopic (exact) mass is 679 g/mol. The Kier molecular flexibility index (Phi) is 9.73. The normalized spacial score (nSPS) is 23.5. The summed E-state index contributed by atoms with van der Waals surface area (Å²) < 4.78 is 54.6. The fourth-order valence-electron chi connectivity index (χ4n) is 5.03. The van der Waals surface area contributed by atoms with Gasteiger partial charge in [0.15, 0.2) is 29.4 Å². The molecular weight excluding hydrogens is 644 g/mol. The van der Waals surface area contributed by atoms with Crippen LogP contribution in [0.1, 0.15) is 27.0 Å². The second-order valence-corrected chi connectivity index (χ2v) is 13.4. The molecule has 6 atom stereocenters. The molecule has 1 unspecified atom stereocenters. The van der Waals surface area contributed by atoms with Crippen LogP contribution < -0.4 is 20.2 Å². The first-order valence-corrected chi connectivity index (χ1v) is 16.5. The van der Waals surface area contributed by atoms with Gasteiger partial charge in [-0.2, -0.15) is 15.1 Å². The third-order valence-corrected chi connectivity index (χ3v) is 9.38. The van der Waals surface area contributed by atoms with Gasteiger partial charge < -0.3 is 29.7 Å². The van der Waals surface area contributed by atoms with Gasteiger partial charge in [-0.3, -0.25) is 13.9 Å². The summed E-state index contributed by atoms with van der Waals surface area (Å²) in [5.41, 5.74) is 4.47. The Hall–Kier alpha value is -3.59. The number of carbonyl (C=O) groups excluding carboxylic acids is 1. The number of nitrogens with one attached hydrogen (secondary N) is 1. The molecule has 2 aromatic heterocycles. The molecule has 4 aromatic rings. The predicted molar refractivity (Wildman–Crippen MR) is 170 cm³/mol. The van der Waals surface area contributed by atoms with Gasteiger partial charge in [-0.15, -0.1) is 11.6 Å². The minimum Gasteiger partial charge on any atom is -0.462 e. The van der Waals surface area contributed by atoms with Crippen molar-refractivity contribution in [1.82, 2.24) is 24.6 Å². The van der Waals surface area contributed by atoms with E-state index in [1.54, 1.807) is 57.1 Å². The molecule has 248 valence electrons. The maximum atomic E-state index is 15.9. The fourth-order valence-corrected chi connectivity index (χ4v) is 6.89. The van der Waals surface area contributed by atoms with Crippen LogP contribution in [0, 0.1) is 0 Å². The highest BCUT2D eigenvalue weighted by molar-refractivity contribution is 7.52. The van der Waals surface area contributed by atoms with E-state index >= 15 is 4.39 Å². The zero-order valence-electron chi connectivity index (χ0n) is 25.8. The SMILES string of the molecule is CC(C)OC(=O)[C@H](C)NP(=O)(OC[C@@]1(CCl)O[C@@H](n2cnc3c(N(C)C)nc(N)nc32)[C@@H](F)[C@@H]1O)Oc1cccc2ccccc12.